The van der Waals surface area contributed by atoms with Crippen molar-refractivity contribution in [2.75, 3.05) is 7.05 Å². The van der Waals surface area contributed by atoms with Crippen LogP contribution in [0.2, 0.25) is 0 Å². The van der Waals surface area contributed by atoms with E-state index in [2.05, 4.69) is 59.4 Å². The first-order valence-corrected chi connectivity index (χ1v) is 8.08. The van der Waals surface area contributed by atoms with Gasteiger partial charge in [-0.2, -0.15) is 0 Å². The molecule has 0 saturated carbocycles. The largest absolute Gasteiger partial charge is 0.309 e. The van der Waals surface area contributed by atoms with Crippen LogP contribution in [0.1, 0.15) is 48.9 Å². The molecule has 1 N–H and O–H groups in total. The summed E-state index contributed by atoms with van der Waals surface area (Å²) < 4.78 is 15.0. The number of hydrogen-bond acceptors (Lipinski definition) is 1. The first kappa shape index (κ1) is 16.2. The van der Waals surface area contributed by atoms with E-state index in [0.717, 1.165) is 16.5 Å². The molecule has 21 heavy (non-hydrogen) atoms. The van der Waals surface area contributed by atoms with Gasteiger partial charge in [-0.05, 0) is 48.7 Å². The molecule has 2 rings (SSSR count). The van der Waals surface area contributed by atoms with Gasteiger partial charge in [-0.25, -0.2) is 4.39 Å². The highest BCUT2D eigenvalue weighted by Crippen LogP contribution is 2.28. The third-order valence-corrected chi connectivity index (χ3v) is 4.50. The van der Waals surface area contributed by atoms with E-state index in [1.807, 2.05) is 13.1 Å². The summed E-state index contributed by atoms with van der Waals surface area (Å²) in [7, 11) is 1.85. The Kier molecular flexibility index (Phi) is 5.54. The molecule has 0 amide bonds. The summed E-state index contributed by atoms with van der Waals surface area (Å²) in [4.78, 5) is 0. The molecule has 3 heteroatoms. The van der Waals surface area contributed by atoms with Gasteiger partial charge in [0.05, 0.1) is 6.04 Å². The highest BCUT2D eigenvalue weighted by molar-refractivity contribution is 9.10. The third kappa shape index (κ3) is 3.72. The molecule has 112 valence electrons. The molecule has 0 saturated heterocycles. The Bertz CT molecular complexity index is 595. The number of benzene rings is 2. The summed E-state index contributed by atoms with van der Waals surface area (Å²) in [5.74, 6) is 0.359. The van der Waals surface area contributed by atoms with Gasteiger partial charge in [0.25, 0.3) is 0 Å². The summed E-state index contributed by atoms with van der Waals surface area (Å²) in [5, 5.41) is 3.20. The molecule has 0 aromatic heterocycles. The van der Waals surface area contributed by atoms with Crippen molar-refractivity contribution in [2.24, 2.45) is 0 Å². The molecule has 0 fully saturated rings. The molecule has 1 nitrogen and oxygen atoms in total. The molecule has 2 atom stereocenters. The maximum absolute atomic E-state index is 14.1. The minimum absolute atomic E-state index is 0.145. The third-order valence-electron chi connectivity index (χ3n) is 4.01. The second kappa shape index (κ2) is 7.19. The normalized spacial score (nSPS) is 14.0. The van der Waals surface area contributed by atoms with Gasteiger partial charge in [0.1, 0.15) is 5.82 Å². The SMILES string of the molecule is CCC(C)c1ccc(C(NC)c2cc(Br)ccc2F)cc1. The van der Waals surface area contributed by atoms with Crippen molar-refractivity contribution in [3.8, 4) is 0 Å². The van der Waals surface area contributed by atoms with Crippen LogP contribution in [0.3, 0.4) is 0 Å². The maximum Gasteiger partial charge on any atom is 0.128 e. The predicted molar refractivity (Wildman–Crippen MR) is 90.2 cm³/mol. The summed E-state index contributed by atoms with van der Waals surface area (Å²) in [5.41, 5.74) is 3.05. The monoisotopic (exact) mass is 349 g/mol. The number of halogens is 2. The summed E-state index contributed by atoms with van der Waals surface area (Å²) in [6, 6.07) is 13.4. The van der Waals surface area contributed by atoms with Crippen LogP contribution in [-0.2, 0) is 0 Å². The fourth-order valence-electron chi connectivity index (χ4n) is 2.49. The van der Waals surface area contributed by atoms with Crippen molar-refractivity contribution in [3.05, 3.63) is 69.4 Å². The zero-order valence-corrected chi connectivity index (χ0v) is 14.2. The lowest BCUT2D eigenvalue weighted by Gasteiger charge is -2.19. The summed E-state index contributed by atoms with van der Waals surface area (Å²) >= 11 is 3.41. The average molecular weight is 350 g/mol. The van der Waals surface area contributed by atoms with Gasteiger partial charge in [-0.1, -0.05) is 54.0 Å². The van der Waals surface area contributed by atoms with Gasteiger partial charge in [0.2, 0.25) is 0 Å². The van der Waals surface area contributed by atoms with Crippen LogP contribution in [0.15, 0.2) is 46.9 Å². The van der Waals surface area contributed by atoms with E-state index in [4.69, 9.17) is 0 Å². The van der Waals surface area contributed by atoms with E-state index < -0.39 is 0 Å². The number of rotatable bonds is 5. The Morgan fingerprint density at radius 3 is 2.29 bits per heavy atom. The second-order valence-electron chi connectivity index (χ2n) is 5.36. The zero-order valence-electron chi connectivity index (χ0n) is 12.7. The van der Waals surface area contributed by atoms with E-state index in [0.29, 0.717) is 11.5 Å². The minimum atomic E-state index is -0.191. The predicted octanol–water partition coefficient (Wildman–Crippen LogP) is 5.41. The first-order valence-electron chi connectivity index (χ1n) is 7.28. The number of nitrogens with one attached hydrogen (secondary N) is 1. The van der Waals surface area contributed by atoms with Crippen molar-refractivity contribution >= 4 is 15.9 Å². The van der Waals surface area contributed by atoms with E-state index in [1.165, 1.54) is 11.6 Å². The molecule has 0 aliphatic heterocycles. The standard InChI is InChI=1S/C18H21BrFN/c1-4-12(2)13-5-7-14(8-6-13)18(21-3)16-11-15(19)9-10-17(16)20/h5-12,18,21H,4H2,1-3H3. The highest BCUT2D eigenvalue weighted by atomic mass is 79.9. The van der Waals surface area contributed by atoms with Crippen molar-refractivity contribution in [2.45, 2.75) is 32.2 Å². The van der Waals surface area contributed by atoms with Crippen LogP contribution in [0, 0.1) is 5.82 Å². The van der Waals surface area contributed by atoms with Crippen LogP contribution in [0.4, 0.5) is 4.39 Å². The molecule has 2 aromatic rings. The molecule has 0 aliphatic rings. The van der Waals surface area contributed by atoms with E-state index in [-0.39, 0.29) is 11.9 Å². The summed E-state index contributed by atoms with van der Waals surface area (Å²) in [6.45, 7) is 4.41. The lowest BCUT2D eigenvalue weighted by molar-refractivity contribution is 0.575. The average Bonchev–Trinajstić information content (AvgIpc) is 2.51. The Morgan fingerprint density at radius 2 is 1.71 bits per heavy atom. The van der Waals surface area contributed by atoms with Crippen LogP contribution in [0.5, 0.6) is 0 Å². The first-order chi connectivity index (χ1) is 10.1. The van der Waals surface area contributed by atoms with E-state index in [9.17, 15) is 4.39 Å². The van der Waals surface area contributed by atoms with E-state index in [1.54, 1.807) is 6.07 Å². The van der Waals surface area contributed by atoms with Gasteiger partial charge in [-0.3, -0.25) is 0 Å². The fourth-order valence-corrected chi connectivity index (χ4v) is 2.87. The molecule has 0 aliphatic carbocycles. The lowest BCUT2D eigenvalue weighted by Crippen LogP contribution is -2.19. The molecule has 0 spiro atoms. The lowest BCUT2D eigenvalue weighted by atomic mass is 9.93. The van der Waals surface area contributed by atoms with E-state index >= 15 is 0 Å². The Labute approximate surface area is 134 Å². The van der Waals surface area contributed by atoms with Crippen LogP contribution >= 0.6 is 15.9 Å². The van der Waals surface area contributed by atoms with Crippen molar-refractivity contribution in [1.29, 1.82) is 0 Å². The molecule has 0 bridgehead atoms. The molecule has 2 unspecified atom stereocenters. The van der Waals surface area contributed by atoms with Gasteiger partial charge in [0, 0.05) is 10.0 Å². The van der Waals surface area contributed by atoms with Gasteiger partial charge < -0.3 is 5.32 Å². The fraction of sp³-hybridized carbons (Fsp3) is 0.333. The Hall–Kier alpha value is -1.19. The Balaban J connectivity index is 2.35. The summed E-state index contributed by atoms with van der Waals surface area (Å²) in [6.07, 6.45) is 1.12. The topological polar surface area (TPSA) is 12.0 Å². The zero-order chi connectivity index (χ0) is 15.4. The molecule has 2 aromatic carbocycles. The molecular formula is C18H21BrFN. The molecule has 0 heterocycles. The van der Waals surface area contributed by atoms with Crippen molar-refractivity contribution < 1.29 is 4.39 Å². The second-order valence-corrected chi connectivity index (χ2v) is 6.28. The molecule has 0 radical (unpaired) electrons. The number of hydrogen-bond donors (Lipinski definition) is 1. The minimum Gasteiger partial charge on any atom is -0.309 e. The maximum atomic E-state index is 14.1. The van der Waals surface area contributed by atoms with Gasteiger partial charge in [0.15, 0.2) is 0 Å². The van der Waals surface area contributed by atoms with Gasteiger partial charge in [-0.15, -0.1) is 0 Å². The van der Waals surface area contributed by atoms with Crippen LogP contribution < -0.4 is 5.32 Å². The van der Waals surface area contributed by atoms with Crippen molar-refractivity contribution in [3.63, 3.8) is 0 Å². The van der Waals surface area contributed by atoms with Gasteiger partial charge >= 0.3 is 0 Å². The van der Waals surface area contributed by atoms with Crippen LogP contribution in [0.25, 0.3) is 0 Å². The molecular weight excluding hydrogens is 329 g/mol. The Morgan fingerprint density at radius 1 is 1.10 bits per heavy atom. The quantitative estimate of drug-likeness (QED) is 0.760. The highest BCUT2D eigenvalue weighted by Gasteiger charge is 2.17. The van der Waals surface area contributed by atoms with Crippen LogP contribution in [-0.4, -0.2) is 7.05 Å². The smallest absolute Gasteiger partial charge is 0.128 e. The van der Waals surface area contributed by atoms with Crippen molar-refractivity contribution in [1.82, 2.24) is 5.32 Å².